The lowest BCUT2D eigenvalue weighted by atomic mass is 10.1. The molecule has 0 spiro atoms. The predicted molar refractivity (Wildman–Crippen MR) is 104 cm³/mol. The van der Waals surface area contributed by atoms with Crippen molar-refractivity contribution in [3.63, 3.8) is 0 Å². The van der Waals surface area contributed by atoms with Crippen LogP contribution in [0.4, 0.5) is 16.2 Å². The van der Waals surface area contributed by atoms with E-state index in [1.165, 1.54) is 45.5 Å². The third-order valence-electron chi connectivity index (χ3n) is 3.93. The van der Waals surface area contributed by atoms with Gasteiger partial charge in [-0.2, -0.15) is 0 Å². The Labute approximate surface area is 159 Å². The van der Waals surface area contributed by atoms with Crippen LogP contribution < -0.4 is 9.64 Å². The molecular formula is C19H22N2O5S. The van der Waals surface area contributed by atoms with Gasteiger partial charge in [0.05, 0.1) is 23.4 Å². The molecule has 1 amide bonds. The molecule has 0 aliphatic carbocycles. The number of hydrogen-bond donors (Lipinski definition) is 1. The Morgan fingerprint density at radius 3 is 2.30 bits per heavy atom. The van der Waals surface area contributed by atoms with Gasteiger partial charge in [0.25, 0.3) is 0 Å². The Morgan fingerprint density at radius 1 is 1.19 bits per heavy atom. The van der Waals surface area contributed by atoms with E-state index in [1.807, 2.05) is 0 Å². The molecule has 1 N–H and O–H groups in total. The molecular weight excluding hydrogens is 368 g/mol. The molecule has 0 saturated heterocycles. The zero-order valence-electron chi connectivity index (χ0n) is 15.4. The second kappa shape index (κ2) is 8.24. The highest BCUT2D eigenvalue weighted by Crippen LogP contribution is 2.35. The van der Waals surface area contributed by atoms with Crippen LogP contribution in [-0.4, -0.2) is 45.1 Å². The molecule has 27 heavy (non-hydrogen) atoms. The van der Waals surface area contributed by atoms with E-state index in [-0.39, 0.29) is 4.90 Å². The minimum absolute atomic E-state index is 0.0786. The van der Waals surface area contributed by atoms with Gasteiger partial charge < -0.3 is 9.84 Å². The molecule has 0 aliphatic heterocycles. The fourth-order valence-electron chi connectivity index (χ4n) is 2.53. The lowest BCUT2D eigenvalue weighted by molar-refractivity contribution is 0.204. The number of nitrogens with zero attached hydrogens (tertiary/aromatic N) is 2. The maximum atomic E-state index is 12.2. The summed E-state index contributed by atoms with van der Waals surface area (Å²) in [5.74, 6) is 0.390. The molecule has 0 atom stereocenters. The zero-order chi connectivity index (χ0) is 20.2. The molecule has 0 bridgehead atoms. The molecule has 2 rings (SSSR count). The summed E-state index contributed by atoms with van der Waals surface area (Å²) in [6, 6.07) is 10.8. The van der Waals surface area contributed by atoms with Crippen molar-refractivity contribution in [3.8, 4) is 5.75 Å². The van der Waals surface area contributed by atoms with E-state index in [9.17, 15) is 18.3 Å². The van der Waals surface area contributed by atoms with Gasteiger partial charge in [-0.15, -0.1) is 6.58 Å². The fourth-order valence-corrected chi connectivity index (χ4v) is 3.43. The standard InChI is InChI=1S/C19H22N2O5S/c1-5-6-14-7-12-17(18(13-14)26-4)21(19(22)23)15-8-10-16(11-9-15)27(24,25)20(2)3/h5,7-13H,1,6H2,2-4H3,(H,22,23). The number of amides is 1. The van der Waals surface area contributed by atoms with Gasteiger partial charge >= 0.3 is 6.09 Å². The molecule has 0 aliphatic rings. The summed E-state index contributed by atoms with van der Waals surface area (Å²) in [4.78, 5) is 13.0. The first-order valence-corrected chi connectivity index (χ1v) is 9.49. The van der Waals surface area contributed by atoms with Gasteiger partial charge in [-0.25, -0.2) is 22.4 Å². The van der Waals surface area contributed by atoms with Crippen molar-refractivity contribution in [2.45, 2.75) is 11.3 Å². The van der Waals surface area contributed by atoms with Crippen molar-refractivity contribution in [2.24, 2.45) is 0 Å². The molecule has 7 nitrogen and oxygen atoms in total. The number of anilines is 2. The minimum atomic E-state index is -3.60. The number of sulfonamides is 1. The van der Waals surface area contributed by atoms with Crippen LogP contribution in [0.25, 0.3) is 0 Å². The van der Waals surface area contributed by atoms with Crippen LogP contribution in [0.3, 0.4) is 0 Å². The normalized spacial score (nSPS) is 11.3. The monoisotopic (exact) mass is 390 g/mol. The van der Waals surface area contributed by atoms with Gasteiger partial charge in [0.2, 0.25) is 10.0 Å². The quantitative estimate of drug-likeness (QED) is 0.731. The van der Waals surface area contributed by atoms with Crippen LogP contribution in [0.5, 0.6) is 5.75 Å². The molecule has 144 valence electrons. The first-order chi connectivity index (χ1) is 12.7. The average Bonchev–Trinajstić information content (AvgIpc) is 2.63. The molecule has 0 unspecified atom stereocenters. The highest BCUT2D eigenvalue weighted by atomic mass is 32.2. The SMILES string of the molecule is C=CCc1ccc(N(C(=O)O)c2ccc(S(=O)(=O)N(C)C)cc2)c(OC)c1. The van der Waals surface area contributed by atoms with E-state index < -0.39 is 16.1 Å². The minimum Gasteiger partial charge on any atom is -0.495 e. The summed E-state index contributed by atoms with van der Waals surface area (Å²) in [6.07, 6.45) is 1.15. The van der Waals surface area contributed by atoms with E-state index in [0.717, 1.165) is 14.8 Å². The summed E-state index contributed by atoms with van der Waals surface area (Å²) in [6.45, 7) is 3.69. The summed E-state index contributed by atoms with van der Waals surface area (Å²) in [5, 5.41) is 9.72. The largest absolute Gasteiger partial charge is 0.495 e. The van der Waals surface area contributed by atoms with Crippen molar-refractivity contribution in [2.75, 3.05) is 26.1 Å². The summed E-state index contributed by atoms with van der Waals surface area (Å²) in [5.41, 5.74) is 1.57. The smallest absolute Gasteiger partial charge is 0.416 e. The fraction of sp³-hybridized carbons (Fsp3) is 0.211. The molecule has 0 aromatic heterocycles. The Morgan fingerprint density at radius 2 is 1.81 bits per heavy atom. The van der Waals surface area contributed by atoms with Gasteiger partial charge in [0.1, 0.15) is 5.75 Å². The molecule has 2 aromatic rings. The lowest BCUT2D eigenvalue weighted by Gasteiger charge is -2.22. The number of carboxylic acid groups (broad SMARTS) is 1. The first-order valence-electron chi connectivity index (χ1n) is 8.05. The van der Waals surface area contributed by atoms with Crippen LogP contribution >= 0.6 is 0 Å². The molecule has 0 radical (unpaired) electrons. The topological polar surface area (TPSA) is 87.2 Å². The summed E-state index contributed by atoms with van der Waals surface area (Å²) < 4.78 is 30.8. The Bertz CT molecular complexity index is 937. The number of rotatable bonds is 7. The van der Waals surface area contributed by atoms with Crippen LogP contribution in [-0.2, 0) is 16.4 Å². The Balaban J connectivity index is 2.50. The maximum Gasteiger partial charge on any atom is 0.416 e. The van der Waals surface area contributed by atoms with Crippen LogP contribution in [0.15, 0.2) is 60.0 Å². The van der Waals surface area contributed by atoms with E-state index in [0.29, 0.717) is 23.5 Å². The van der Waals surface area contributed by atoms with E-state index in [4.69, 9.17) is 4.74 Å². The van der Waals surface area contributed by atoms with Crippen LogP contribution in [0, 0.1) is 0 Å². The van der Waals surface area contributed by atoms with Gasteiger partial charge in [-0.05, 0) is 48.4 Å². The number of benzene rings is 2. The number of ether oxygens (including phenoxy) is 1. The third kappa shape index (κ3) is 4.29. The van der Waals surface area contributed by atoms with Gasteiger partial charge in [-0.1, -0.05) is 12.1 Å². The highest BCUT2D eigenvalue weighted by molar-refractivity contribution is 7.89. The molecule has 0 heterocycles. The third-order valence-corrected chi connectivity index (χ3v) is 5.76. The average molecular weight is 390 g/mol. The van der Waals surface area contributed by atoms with Crippen molar-refractivity contribution in [1.29, 1.82) is 0 Å². The Kier molecular flexibility index (Phi) is 6.24. The molecule has 0 fully saturated rings. The lowest BCUT2D eigenvalue weighted by Crippen LogP contribution is -2.25. The molecule has 0 saturated carbocycles. The van der Waals surface area contributed by atoms with Gasteiger partial charge in [0, 0.05) is 14.1 Å². The molecule has 2 aromatic carbocycles. The second-order valence-electron chi connectivity index (χ2n) is 5.90. The van der Waals surface area contributed by atoms with E-state index in [1.54, 1.807) is 24.3 Å². The zero-order valence-corrected chi connectivity index (χ0v) is 16.2. The number of carbonyl (C=O) groups is 1. The second-order valence-corrected chi connectivity index (χ2v) is 8.05. The van der Waals surface area contributed by atoms with E-state index >= 15 is 0 Å². The number of methoxy groups -OCH3 is 1. The van der Waals surface area contributed by atoms with Crippen molar-refractivity contribution in [3.05, 3.63) is 60.7 Å². The van der Waals surface area contributed by atoms with Crippen molar-refractivity contribution >= 4 is 27.5 Å². The first kappa shape index (κ1) is 20.5. The summed E-state index contributed by atoms with van der Waals surface area (Å²) >= 11 is 0. The van der Waals surface area contributed by atoms with Crippen LogP contribution in [0.1, 0.15) is 5.56 Å². The number of allylic oxidation sites excluding steroid dienone is 1. The highest BCUT2D eigenvalue weighted by Gasteiger charge is 2.23. The molecule has 8 heteroatoms. The maximum absolute atomic E-state index is 12.2. The van der Waals surface area contributed by atoms with Gasteiger partial charge in [0.15, 0.2) is 0 Å². The van der Waals surface area contributed by atoms with Gasteiger partial charge in [-0.3, -0.25) is 0 Å². The van der Waals surface area contributed by atoms with Crippen LogP contribution in [0.2, 0.25) is 0 Å². The van der Waals surface area contributed by atoms with Crippen molar-refractivity contribution in [1.82, 2.24) is 4.31 Å². The van der Waals surface area contributed by atoms with E-state index in [2.05, 4.69) is 6.58 Å². The number of hydrogen-bond acceptors (Lipinski definition) is 4. The van der Waals surface area contributed by atoms with Crippen molar-refractivity contribution < 1.29 is 23.1 Å². The summed E-state index contributed by atoms with van der Waals surface area (Å²) in [7, 11) is 0.732. The Hall–Kier alpha value is -2.84. The predicted octanol–water partition coefficient (Wildman–Crippen LogP) is 3.49.